The maximum atomic E-state index is 5.28. The normalized spacial score (nSPS) is 10.6. The number of rotatable bonds is 5. The molecule has 0 amide bonds. The van der Waals surface area contributed by atoms with E-state index in [1.807, 2.05) is 6.92 Å². The molecule has 3 nitrogen and oxygen atoms in total. The first-order valence-electron chi connectivity index (χ1n) is 5.04. The van der Waals surface area contributed by atoms with Crippen molar-refractivity contribution in [2.45, 2.75) is 26.7 Å². The molecule has 0 saturated heterocycles. The molecule has 0 spiro atoms. The van der Waals surface area contributed by atoms with Crippen molar-refractivity contribution in [1.82, 2.24) is 9.97 Å². The largest absolute Gasteiger partial charge is 0.381 e. The number of nitrogens with one attached hydrogen (secondary N) is 1. The molecular weight excluding hydrogens is 276 g/mol. The molecule has 0 aliphatic rings. The third-order valence-corrected chi connectivity index (χ3v) is 3.44. The molecular formula is C10H15BrN2OS. The first-order chi connectivity index (χ1) is 7.19. The monoisotopic (exact) mass is 290 g/mol. The van der Waals surface area contributed by atoms with E-state index in [0.717, 1.165) is 35.4 Å². The number of ether oxygens (including phenoxy) is 1. The summed E-state index contributed by atoms with van der Waals surface area (Å²) in [4.78, 5) is 7.54. The van der Waals surface area contributed by atoms with Crippen LogP contribution in [0.25, 0.3) is 0 Å². The summed E-state index contributed by atoms with van der Waals surface area (Å²) >= 11 is 8.58. The SMILES string of the molecule is CCOCCc1nc(=S)c(Br)c(CC)[nH]1. The fraction of sp³-hybridized carbons (Fsp3) is 0.600. The lowest BCUT2D eigenvalue weighted by molar-refractivity contribution is 0.149. The highest BCUT2D eigenvalue weighted by Gasteiger charge is 2.04. The highest BCUT2D eigenvalue weighted by molar-refractivity contribution is 9.10. The number of halogens is 1. The minimum absolute atomic E-state index is 0.622. The zero-order valence-corrected chi connectivity index (χ0v) is 11.4. The number of hydrogen-bond donors (Lipinski definition) is 1. The summed E-state index contributed by atoms with van der Waals surface area (Å²) in [6.07, 6.45) is 1.69. The van der Waals surface area contributed by atoms with Gasteiger partial charge in [0.05, 0.1) is 11.1 Å². The lowest BCUT2D eigenvalue weighted by Crippen LogP contribution is -2.05. The van der Waals surface area contributed by atoms with Gasteiger partial charge in [0.25, 0.3) is 0 Å². The summed E-state index contributed by atoms with van der Waals surface area (Å²) in [7, 11) is 0. The molecule has 1 aromatic heterocycles. The van der Waals surface area contributed by atoms with Crippen LogP contribution < -0.4 is 0 Å². The van der Waals surface area contributed by atoms with Crippen molar-refractivity contribution in [2.75, 3.05) is 13.2 Å². The number of hydrogen-bond acceptors (Lipinski definition) is 3. The van der Waals surface area contributed by atoms with Gasteiger partial charge in [0, 0.05) is 18.7 Å². The molecule has 0 atom stereocenters. The van der Waals surface area contributed by atoms with Gasteiger partial charge in [-0.05, 0) is 29.3 Å². The van der Waals surface area contributed by atoms with Gasteiger partial charge in [-0.15, -0.1) is 0 Å². The lowest BCUT2D eigenvalue weighted by Gasteiger charge is -2.06. The van der Waals surface area contributed by atoms with Gasteiger partial charge in [0.1, 0.15) is 10.5 Å². The minimum Gasteiger partial charge on any atom is -0.381 e. The van der Waals surface area contributed by atoms with Gasteiger partial charge in [0.15, 0.2) is 0 Å². The summed E-state index contributed by atoms with van der Waals surface area (Å²) in [5.41, 5.74) is 1.10. The molecule has 0 bridgehead atoms. The Kier molecular flexibility index (Phi) is 5.42. The van der Waals surface area contributed by atoms with Crippen LogP contribution >= 0.6 is 28.1 Å². The van der Waals surface area contributed by atoms with Gasteiger partial charge in [-0.2, -0.15) is 0 Å². The second-order valence-corrected chi connectivity index (χ2v) is 4.26. The predicted octanol–water partition coefficient (Wildman–Crippen LogP) is 3.04. The van der Waals surface area contributed by atoms with Gasteiger partial charge >= 0.3 is 0 Å². The van der Waals surface area contributed by atoms with Crippen molar-refractivity contribution in [3.63, 3.8) is 0 Å². The van der Waals surface area contributed by atoms with Crippen LogP contribution in [0, 0.1) is 4.64 Å². The summed E-state index contributed by atoms with van der Waals surface area (Å²) in [5, 5.41) is 0. The highest BCUT2D eigenvalue weighted by atomic mass is 79.9. The third-order valence-electron chi connectivity index (χ3n) is 2.03. The fourth-order valence-corrected chi connectivity index (χ4v) is 1.93. The van der Waals surface area contributed by atoms with E-state index < -0.39 is 0 Å². The van der Waals surface area contributed by atoms with E-state index in [1.165, 1.54) is 0 Å². The molecule has 1 rings (SSSR count). The van der Waals surface area contributed by atoms with Crippen LogP contribution in [0.1, 0.15) is 25.4 Å². The quantitative estimate of drug-likeness (QED) is 0.669. The zero-order chi connectivity index (χ0) is 11.3. The van der Waals surface area contributed by atoms with Crippen LogP contribution in [0.15, 0.2) is 4.47 Å². The van der Waals surface area contributed by atoms with Crippen LogP contribution in [0.3, 0.4) is 0 Å². The summed E-state index contributed by atoms with van der Waals surface area (Å²) in [6, 6.07) is 0. The van der Waals surface area contributed by atoms with Crippen molar-refractivity contribution < 1.29 is 4.74 Å². The smallest absolute Gasteiger partial charge is 0.144 e. The molecule has 0 fully saturated rings. The van der Waals surface area contributed by atoms with Crippen molar-refractivity contribution in [2.24, 2.45) is 0 Å². The Morgan fingerprint density at radius 1 is 1.47 bits per heavy atom. The lowest BCUT2D eigenvalue weighted by atomic mass is 10.3. The first-order valence-corrected chi connectivity index (χ1v) is 6.24. The Bertz CT molecular complexity index is 378. The second-order valence-electron chi connectivity index (χ2n) is 3.08. The Labute approximate surface area is 103 Å². The molecule has 5 heteroatoms. The number of aromatic amines is 1. The van der Waals surface area contributed by atoms with Crippen molar-refractivity contribution in [3.05, 3.63) is 20.6 Å². The standard InChI is InChI=1S/C10H15BrN2OS/c1-3-7-9(11)10(15)13-8(12-7)5-6-14-4-2/h3-6H2,1-2H3,(H,12,13,15). The van der Waals surface area contributed by atoms with Crippen LogP contribution in [0.2, 0.25) is 0 Å². The first kappa shape index (κ1) is 12.8. The van der Waals surface area contributed by atoms with Gasteiger partial charge in [-0.25, -0.2) is 4.98 Å². The van der Waals surface area contributed by atoms with E-state index in [1.54, 1.807) is 0 Å². The number of aromatic nitrogens is 2. The van der Waals surface area contributed by atoms with E-state index in [-0.39, 0.29) is 0 Å². The predicted molar refractivity (Wildman–Crippen MR) is 66.7 cm³/mol. The van der Waals surface area contributed by atoms with E-state index in [0.29, 0.717) is 11.2 Å². The zero-order valence-electron chi connectivity index (χ0n) is 8.97. The van der Waals surface area contributed by atoms with Gasteiger partial charge in [-0.1, -0.05) is 19.1 Å². The number of aryl methyl sites for hydroxylation is 1. The Morgan fingerprint density at radius 2 is 2.20 bits per heavy atom. The average molecular weight is 291 g/mol. The summed E-state index contributed by atoms with van der Waals surface area (Å²) < 4.78 is 6.80. The van der Waals surface area contributed by atoms with Gasteiger partial charge < -0.3 is 9.72 Å². The molecule has 1 heterocycles. The Hall–Kier alpha value is -0.260. The maximum absolute atomic E-state index is 5.28. The van der Waals surface area contributed by atoms with Crippen LogP contribution in [-0.4, -0.2) is 23.2 Å². The van der Waals surface area contributed by atoms with Crippen LogP contribution in [0.4, 0.5) is 0 Å². The molecule has 0 aliphatic carbocycles. The van der Waals surface area contributed by atoms with E-state index >= 15 is 0 Å². The highest BCUT2D eigenvalue weighted by Crippen LogP contribution is 2.16. The molecule has 0 aromatic carbocycles. The minimum atomic E-state index is 0.622. The van der Waals surface area contributed by atoms with Crippen molar-refractivity contribution in [1.29, 1.82) is 0 Å². The molecule has 0 unspecified atom stereocenters. The van der Waals surface area contributed by atoms with E-state index in [2.05, 4.69) is 32.8 Å². The van der Waals surface area contributed by atoms with Crippen molar-refractivity contribution >= 4 is 28.1 Å². The summed E-state index contributed by atoms with van der Waals surface area (Å²) in [5.74, 6) is 0.897. The van der Waals surface area contributed by atoms with Crippen molar-refractivity contribution in [3.8, 4) is 0 Å². The molecule has 0 saturated carbocycles. The fourth-order valence-electron chi connectivity index (χ4n) is 1.23. The van der Waals surface area contributed by atoms with Crippen LogP contribution in [-0.2, 0) is 17.6 Å². The molecule has 15 heavy (non-hydrogen) atoms. The third kappa shape index (κ3) is 3.66. The molecule has 0 aliphatic heterocycles. The average Bonchev–Trinajstić information content (AvgIpc) is 2.23. The van der Waals surface area contributed by atoms with E-state index in [9.17, 15) is 0 Å². The molecule has 1 aromatic rings. The second kappa shape index (κ2) is 6.35. The summed E-state index contributed by atoms with van der Waals surface area (Å²) in [6.45, 7) is 5.48. The Morgan fingerprint density at radius 3 is 2.80 bits per heavy atom. The Balaban J connectivity index is 2.82. The number of H-pyrrole nitrogens is 1. The van der Waals surface area contributed by atoms with Gasteiger partial charge in [0.2, 0.25) is 0 Å². The van der Waals surface area contributed by atoms with Crippen LogP contribution in [0.5, 0.6) is 0 Å². The number of nitrogens with zero attached hydrogens (tertiary/aromatic N) is 1. The molecule has 1 N–H and O–H groups in total. The van der Waals surface area contributed by atoms with Gasteiger partial charge in [-0.3, -0.25) is 0 Å². The van der Waals surface area contributed by atoms with E-state index in [4.69, 9.17) is 17.0 Å². The topological polar surface area (TPSA) is 37.9 Å². The maximum Gasteiger partial charge on any atom is 0.144 e. The molecule has 0 radical (unpaired) electrons. The molecule has 84 valence electrons.